The molecule has 25 heavy (non-hydrogen) atoms. The standard InChI is InChI=1S/C17H20N6O2/c1-3-14-21-16(25-22-14)8-4-7-15(24)20-13-6-5-9-19-17(13)23-11-10-18-12(23)2/h5-6,9-11H,3-4,7-8H2,1-2H3,(H,20,24). The molecule has 130 valence electrons. The second-order valence-electron chi connectivity index (χ2n) is 5.58. The number of anilines is 1. The molecular weight excluding hydrogens is 320 g/mol. The zero-order valence-corrected chi connectivity index (χ0v) is 14.3. The van der Waals surface area contributed by atoms with Crippen LogP contribution < -0.4 is 5.32 Å². The van der Waals surface area contributed by atoms with E-state index in [9.17, 15) is 4.79 Å². The number of hydrogen-bond acceptors (Lipinski definition) is 6. The number of nitrogens with one attached hydrogen (secondary N) is 1. The van der Waals surface area contributed by atoms with Gasteiger partial charge in [-0.3, -0.25) is 9.36 Å². The lowest BCUT2D eigenvalue weighted by atomic mass is 10.2. The van der Waals surface area contributed by atoms with Crippen molar-refractivity contribution < 1.29 is 9.32 Å². The Bertz CT molecular complexity index is 854. The summed E-state index contributed by atoms with van der Waals surface area (Å²) >= 11 is 0. The topological polar surface area (TPSA) is 98.7 Å². The van der Waals surface area contributed by atoms with E-state index >= 15 is 0 Å². The predicted molar refractivity (Wildman–Crippen MR) is 91.3 cm³/mol. The van der Waals surface area contributed by atoms with Gasteiger partial charge in [-0.15, -0.1) is 0 Å². The molecule has 3 heterocycles. The summed E-state index contributed by atoms with van der Waals surface area (Å²) in [5.41, 5.74) is 0.652. The minimum Gasteiger partial charge on any atom is -0.339 e. The molecule has 0 aliphatic heterocycles. The molecule has 1 amide bonds. The maximum atomic E-state index is 12.2. The minimum absolute atomic E-state index is 0.0813. The second-order valence-corrected chi connectivity index (χ2v) is 5.58. The SMILES string of the molecule is CCc1noc(CCCC(=O)Nc2cccnc2-n2ccnc2C)n1. The number of carbonyl (C=O) groups excluding carboxylic acids is 1. The van der Waals surface area contributed by atoms with Gasteiger partial charge in [0, 0.05) is 37.9 Å². The van der Waals surface area contributed by atoms with Gasteiger partial charge < -0.3 is 9.84 Å². The minimum atomic E-state index is -0.0813. The fraction of sp³-hybridized carbons (Fsp3) is 0.353. The lowest BCUT2D eigenvalue weighted by Gasteiger charge is -2.11. The summed E-state index contributed by atoms with van der Waals surface area (Å²) in [7, 11) is 0. The quantitative estimate of drug-likeness (QED) is 0.709. The number of pyridine rings is 1. The maximum absolute atomic E-state index is 12.2. The van der Waals surface area contributed by atoms with Crippen molar-refractivity contribution in [3.05, 3.63) is 48.3 Å². The summed E-state index contributed by atoms with van der Waals surface area (Å²) in [4.78, 5) is 25.0. The Kier molecular flexibility index (Phi) is 5.17. The number of imidazole rings is 1. The van der Waals surface area contributed by atoms with Crippen LogP contribution in [-0.2, 0) is 17.6 Å². The van der Waals surface area contributed by atoms with Crippen molar-refractivity contribution in [1.82, 2.24) is 24.7 Å². The average molecular weight is 340 g/mol. The summed E-state index contributed by atoms with van der Waals surface area (Å²) in [6, 6.07) is 3.61. The van der Waals surface area contributed by atoms with Crippen molar-refractivity contribution in [3.8, 4) is 5.82 Å². The number of aromatic nitrogens is 5. The van der Waals surface area contributed by atoms with E-state index in [1.54, 1.807) is 18.5 Å². The molecule has 0 spiro atoms. The molecule has 1 N–H and O–H groups in total. The molecular formula is C17H20N6O2. The van der Waals surface area contributed by atoms with Gasteiger partial charge >= 0.3 is 0 Å². The van der Waals surface area contributed by atoms with Gasteiger partial charge in [0.1, 0.15) is 5.82 Å². The molecule has 0 radical (unpaired) electrons. The van der Waals surface area contributed by atoms with E-state index in [4.69, 9.17) is 4.52 Å². The van der Waals surface area contributed by atoms with E-state index in [0.29, 0.717) is 42.5 Å². The fourth-order valence-corrected chi connectivity index (χ4v) is 2.44. The number of amides is 1. The van der Waals surface area contributed by atoms with E-state index < -0.39 is 0 Å². The van der Waals surface area contributed by atoms with Crippen molar-refractivity contribution in [1.29, 1.82) is 0 Å². The molecule has 0 aromatic carbocycles. The zero-order chi connectivity index (χ0) is 17.6. The first-order valence-corrected chi connectivity index (χ1v) is 8.24. The van der Waals surface area contributed by atoms with Gasteiger partial charge in [-0.1, -0.05) is 12.1 Å². The summed E-state index contributed by atoms with van der Waals surface area (Å²) in [5, 5.41) is 6.76. The van der Waals surface area contributed by atoms with E-state index in [0.717, 1.165) is 12.2 Å². The molecule has 3 rings (SSSR count). The van der Waals surface area contributed by atoms with Crippen LogP contribution >= 0.6 is 0 Å². The Labute approximate surface area is 145 Å². The highest BCUT2D eigenvalue weighted by Gasteiger charge is 2.12. The highest BCUT2D eigenvalue weighted by Crippen LogP contribution is 2.19. The van der Waals surface area contributed by atoms with Crippen LogP contribution in [0.1, 0.15) is 37.3 Å². The predicted octanol–water partition coefficient (Wildman–Crippen LogP) is 2.48. The smallest absolute Gasteiger partial charge is 0.226 e. The van der Waals surface area contributed by atoms with Gasteiger partial charge in [0.25, 0.3) is 0 Å². The number of aryl methyl sites for hydroxylation is 3. The Morgan fingerprint density at radius 1 is 1.32 bits per heavy atom. The summed E-state index contributed by atoms with van der Waals surface area (Å²) < 4.78 is 6.96. The van der Waals surface area contributed by atoms with E-state index in [2.05, 4.69) is 25.4 Å². The third-order valence-electron chi connectivity index (χ3n) is 3.74. The first-order valence-electron chi connectivity index (χ1n) is 8.24. The Morgan fingerprint density at radius 2 is 2.20 bits per heavy atom. The Morgan fingerprint density at radius 3 is 2.92 bits per heavy atom. The van der Waals surface area contributed by atoms with Gasteiger partial charge in [-0.25, -0.2) is 9.97 Å². The third kappa shape index (κ3) is 4.09. The number of rotatable bonds is 7. The van der Waals surface area contributed by atoms with Crippen LogP contribution in [0.15, 0.2) is 35.2 Å². The van der Waals surface area contributed by atoms with Gasteiger partial charge in [0.15, 0.2) is 11.6 Å². The molecule has 8 nitrogen and oxygen atoms in total. The maximum Gasteiger partial charge on any atom is 0.226 e. The molecule has 0 unspecified atom stereocenters. The van der Waals surface area contributed by atoms with Crippen LogP contribution in [0.2, 0.25) is 0 Å². The molecule has 0 aliphatic carbocycles. The largest absolute Gasteiger partial charge is 0.339 e. The molecule has 3 aromatic rings. The highest BCUT2D eigenvalue weighted by atomic mass is 16.5. The van der Waals surface area contributed by atoms with Crippen LogP contribution in [0.3, 0.4) is 0 Å². The molecule has 0 saturated heterocycles. The van der Waals surface area contributed by atoms with Gasteiger partial charge in [0.2, 0.25) is 11.8 Å². The van der Waals surface area contributed by atoms with Crippen LogP contribution in [0.4, 0.5) is 5.69 Å². The lowest BCUT2D eigenvalue weighted by Crippen LogP contribution is -2.14. The molecule has 0 bridgehead atoms. The van der Waals surface area contributed by atoms with Crippen molar-refractivity contribution in [2.24, 2.45) is 0 Å². The molecule has 0 fully saturated rings. The average Bonchev–Trinajstić information content (AvgIpc) is 3.24. The van der Waals surface area contributed by atoms with Crippen LogP contribution in [0.25, 0.3) is 5.82 Å². The molecule has 0 saturated carbocycles. The van der Waals surface area contributed by atoms with E-state index in [-0.39, 0.29) is 5.91 Å². The number of nitrogens with zero attached hydrogens (tertiary/aromatic N) is 5. The fourth-order valence-electron chi connectivity index (χ4n) is 2.44. The van der Waals surface area contributed by atoms with Crippen molar-refractivity contribution >= 4 is 11.6 Å². The monoisotopic (exact) mass is 340 g/mol. The Balaban J connectivity index is 1.59. The summed E-state index contributed by atoms with van der Waals surface area (Å²) in [6.45, 7) is 3.85. The van der Waals surface area contributed by atoms with Gasteiger partial charge in [-0.2, -0.15) is 4.98 Å². The van der Waals surface area contributed by atoms with E-state index in [1.807, 2.05) is 30.7 Å². The number of hydrogen-bond donors (Lipinski definition) is 1. The van der Waals surface area contributed by atoms with Gasteiger partial charge in [-0.05, 0) is 25.5 Å². The third-order valence-corrected chi connectivity index (χ3v) is 3.74. The first-order chi connectivity index (χ1) is 12.2. The molecule has 0 atom stereocenters. The molecule has 8 heteroatoms. The summed E-state index contributed by atoms with van der Waals surface area (Å²) in [6.07, 6.45) is 7.52. The van der Waals surface area contributed by atoms with Crippen LogP contribution in [0, 0.1) is 6.92 Å². The van der Waals surface area contributed by atoms with Gasteiger partial charge in [0.05, 0.1) is 5.69 Å². The van der Waals surface area contributed by atoms with Crippen molar-refractivity contribution in [2.45, 2.75) is 39.5 Å². The van der Waals surface area contributed by atoms with Crippen molar-refractivity contribution in [2.75, 3.05) is 5.32 Å². The van der Waals surface area contributed by atoms with Crippen molar-refractivity contribution in [3.63, 3.8) is 0 Å². The lowest BCUT2D eigenvalue weighted by molar-refractivity contribution is -0.116. The van der Waals surface area contributed by atoms with Crippen LogP contribution in [-0.4, -0.2) is 30.6 Å². The molecule has 0 aliphatic rings. The molecule has 3 aromatic heterocycles. The normalized spacial score (nSPS) is 10.8. The first kappa shape index (κ1) is 16.8. The zero-order valence-electron chi connectivity index (χ0n) is 14.3. The number of carbonyl (C=O) groups is 1. The van der Waals surface area contributed by atoms with E-state index in [1.165, 1.54) is 0 Å². The second kappa shape index (κ2) is 7.69. The van der Waals surface area contributed by atoms with Crippen LogP contribution in [0.5, 0.6) is 0 Å². The summed E-state index contributed by atoms with van der Waals surface area (Å²) in [5.74, 6) is 2.63. The Hall–Kier alpha value is -3.03. The highest BCUT2D eigenvalue weighted by molar-refractivity contribution is 5.92.